The number of aliphatic hydroxyl groups is 1. The van der Waals surface area contributed by atoms with Gasteiger partial charge < -0.3 is 15.7 Å². The molecule has 0 bridgehead atoms. The zero-order chi connectivity index (χ0) is 17.0. The first kappa shape index (κ1) is 17.0. The summed E-state index contributed by atoms with van der Waals surface area (Å²) in [6.07, 6.45) is 0. The number of fused-ring (bicyclic) bond motifs is 1. The lowest BCUT2D eigenvalue weighted by Gasteiger charge is -2.34. The highest BCUT2D eigenvalue weighted by atomic mass is 32.2. The van der Waals surface area contributed by atoms with Crippen molar-refractivity contribution in [3.8, 4) is 0 Å². The second-order valence-electron chi connectivity index (χ2n) is 5.63. The van der Waals surface area contributed by atoms with Crippen molar-refractivity contribution in [1.29, 1.82) is 0 Å². The van der Waals surface area contributed by atoms with Crippen LogP contribution in [0, 0.1) is 0 Å². The minimum atomic E-state index is -1.15. The van der Waals surface area contributed by atoms with Crippen molar-refractivity contribution in [3.63, 3.8) is 0 Å². The van der Waals surface area contributed by atoms with Crippen LogP contribution in [0.1, 0.15) is 16.0 Å². The Bertz CT molecular complexity index is 733. The summed E-state index contributed by atoms with van der Waals surface area (Å²) in [5, 5.41) is 17.9. The Kier molecular flexibility index (Phi) is 5.23. The quantitative estimate of drug-likeness (QED) is 0.722. The molecule has 1 unspecified atom stereocenters. The first-order valence-corrected chi connectivity index (χ1v) is 9.59. The first-order valence-electron chi connectivity index (χ1n) is 7.55. The van der Waals surface area contributed by atoms with Crippen molar-refractivity contribution in [1.82, 2.24) is 10.6 Å². The average molecular weight is 362 g/mol. The smallest absolute Gasteiger partial charge is 0.309 e. The number of thioether (sulfide) groups is 1. The van der Waals surface area contributed by atoms with E-state index in [-0.39, 0.29) is 6.54 Å². The Morgan fingerprint density at radius 3 is 2.71 bits per heavy atom. The summed E-state index contributed by atoms with van der Waals surface area (Å²) in [4.78, 5) is 24.8. The molecule has 24 heavy (non-hydrogen) atoms. The summed E-state index contributed by atoms with van der Waals surface area (Å²) >= 11 is 3.13. The van der Waals surface area contributed by atoms with Gasteiger partial charge in [0, 0.05) is 16.4 Å². The summed E-state index contributed by atoms with van der Waals surface area (Å²) in [7, 11) is 0. The monoisotopic (exact) mass is 362 g/mol. The highest BCUT2D eigenvalue weighted by Gasteiger charge is 2.35. The molecule has 3 N–H and O–H groups in total. The van der Waals surface area contributed by atoms with Crippen molar-refractivity contribution in [2.75, 3.05) is 12.3 Å². The Hall–Kier alpha value is -1.83. The van der Waals surface area contributed by atoms with Crippen LogP contribution >= 0.6 is 23.1 Å². The van der Waals surface area contributed by atoms with Crippen LogP contribution in [0.2, 0.25) is 0 Å². The summed E-state index contributed by atoms with van der Waals surface area (Å²) in [5.41, 5.74) is 0.735. The molecule has 2 aromatic rings. The molecule has 3 rings (SSSR count). The largest absolute Gasteiger partial charge is 0.382 e. The molecule has 1 aliphatic rings. The maximum atomic E-state index is 12.0. The fourth-order valence-electron chi connectivity index (χ4n) is 2.62. The molecule has 5 nitrogen and oxygen atoms in total. The topological polar surface area (TPSA) is 78.4 Å². The molecule has 1 aliphatic heterocycles. The second-order valence-corrected chi connectivity index (χ2v) is 7.64. The van der Waals surface area contributed by atoms with E-state index in [1.54, 1.807) is 11.8 Å². The maximum Gasteiger partial charge on any atom is 0.309 e. The van der Waals surface area contributed by atoms with Crippen LogP contribution in [-0.2, 0) is 27.5 Å². The van der Waals surface area contributed by atoms with Gasteiger partial charge in [0.25, 0.3) is 0 Å². The van der Waals surface area contributed by atoms with Crippen LogP contribution in [0.4, 0.5) is 0 Å². The molecule has 0 aliphatic carbocycles. The number of hydrogen-bond donors (Lipinski definition) is 3. The Balaban J connectivity index is 1.57. The number of carbonyl (C=O) groups is 2. The van der Waals surface area contributed by atoms with Crippen LogP contribution in [0.3, 0.4) is 0 Å². The molecule has 0 radical (unpaired) electrons. The van der Waals surface area contributed by atoms with E-state index in [0.717, 1.165) is 21.8 Å². The second kappa shape index (κ2) is 7.38. The molecular weight excluding hydrogens is 344 g/mol. The van der Waals surface area contributed by atoms with Gasteiger partial charge in [0.05, 0.1) is 13.1 Å². The van der Waals surface area contributed by atoms with E-state index in [9.17, 15) is 14.7 Å². The van der Waals surface area contributed by atoms with Gasteiger partial charge in [-0.2, -0.15) is 11.8 Å². The summed E-state index contributed by atoms with van der Waals surface area (Å²) in [6, 6.07) is 11.4. The number of nitrogens with one attached hydrogen (secondary N) is 2. The normalized spacial score (nSPS) is 19.4. The fourth-order valence-corrected chi connectivity index (χ4v) is 4.44. The van der Waals surface area contributed by atoms with Crippen molar-refractivity contribution in [2.24, 2.45) is 0 Å². The Morgan fingerprint density at radius 1 is 1.12 bits per heavy atom. The summed E-state index contributed by atoms with van der Waals surface area (Å²) in [6.45, 7) is 0.342. The average Bonchev–Trinajstić information content (AvgIpc) is 3.11. The molecule has 126 valence electrons. The fraction of sp³-hybridized carbons (Fsp3) is 0.294. The molecule has 0 saturated heterocycles. The zero-order valence-electron chi connectivity index (χ0n) is 13.0. The molecule has 0 fully saturated rings. The predicted molar refractivity (Wildman–Crippen MR) is 95.7 cm³/mol. The third-order valence-electron chi connectivity index (χ3n) is 3.87. The van der Waals surface area contributed by atoms with E-state index in [2.05, 4.69) is 10.6 Å². The third kappa shape index (κ3) is 3.80. The van der Waals surface area contributed by atoms with E-state index in [1.165, 1.54) is 11.3 Å². The van der Waals surface area contributed by atoms with Crippen molar-refractivity contribution < 1.29 is 14.7 Å². The standard InChI is InChI=1S/C17H18N2O3S2/c20-15(18-8-13-5-3-7-24-13)16(21)19-10-17(22)11-23-9-12-4-1-2-6-14(12)17/h1-7,22H,8-11H2,(H,18,20)(H,19,21). The molecule has 0 spiro atoms. The van der Waals surface area contributed by atoms with Gasteiger partial charge in [0.15, 0.2) is 0 Å². The van der Waals surface area contributed by atoms with Gasteiger partial charge in [-0.15, -0.1) is 11.3 Å². The molecular formula is C17H18N2O3S2. The minimum Gasteiger partial charge on any atom is -0.382 e. The van der Waals surface area contributed by atoms with Gasteiger partial charge in [0.1, 0.15) is 5.60 Å². The molecule has 0 saturated carbocycles. The molecule has 1 aromatic heterocycles. The highest BCUT2D eigenvalue weighted by Crippen LogP contribution is 2.35. The van der Waals surface area contributed by atoms with Crippen LogP contribution in [0.15, 0.2) is 41.8 Å². The molecule has 1 aromatic carbocycles. The van der Waals surface area contributed by atoms with Crippen LogP contribution in [0.5, 0.6) is 0 Å². The minimum absolute atomic E-state index is 0.0161. The van der Waals surface area contributed by atoms with Gasteiger partial charge in [-0.1, -0.05) is 30.3 Å². The van der Waals surface area contributed by atoms with E-state index in [1.807, 2.05) is 41.8 Å². The van der Waals surface area contributed by atoms with Crippen LogP contribution in [-0.4, -0.2) is 29.2 Å². The van der Waals surface area contributed by atoms with E-state index >= 15 is 0 Å². The van der Waals surface area contributed by atoms with Crippen LogP contribution in [0.25, 0.3) is 0 Å². The molecule has 1 atom stereocenters. The van der Waals surface area contributed by atoms with Gasteiger partial charge in [0.2, 0.25) is 0 Å². The van der Waals surface area contributed by atoms with Gasteiger partial charge in [-0.3, -0.25) is 9.59 Å². The third-order valence-corrected chi connectivity index (χ3v) is 5.94. The zero-order valence-corrected chi connectivity index (χ0v) is 14.6. The summed E-state index contributed by atoms with van der Waals surface area (Å²) < 4.78 is 0. The van der Waals surface area contributed by atoms with Crippen molar-refractivity contribution in [2.45, 2.75) is 17.9 Å². The van der Waals surface area contributed by atoms with Crippen molar-refractivity contribution in [3.05, 3.63) is 57.8 Å². The number of rotatable bonds is 4. The maximum absolute atomic E-state index is 12.0. The van der Waals surface area contributed by atoms with E-state index < -0.39 is 17.4 Å². The van der Waals surface area contributed by atoms with Gasteiger partial charge in [-0.25, -0.2) is 0 Å². The first-order chi connectivity index (χ1) is 11.6. The number of amides is 2. The number of thiophene rings is 1. The Labute approximate surface area is 148 Å². The Morgan fingerprint density at radius 2 is 1.92 bits per heavy atom. The number of hydrogen-bond acceptors (Lipinski definition) is 5. The lowest BCUT2D eigenvalue weighted by atomic mass is 9.91. The highest BCUT2D eigenvalue weighted by molar-refractivity contribution is 7.98. The lowest BCUT2D eigenvalue weighted by molar-refractivity contribution is -0.139. The van der Waals surface area contributed by atoms with Crippen molar-refractivity contribution >= 4 is 34.9 Å². The predicted octanol–water partition coefficient (Wildman–Crippen LogP) is 1.62. The van der Waals surface area contributed by atoms with E-state index in [4.69, 9.17) is 0 Å². The van der Waals surface area contributed by atoms with Gasteiger partial charge >= 0.3 is 11.8 Å². The molecule has 2 amide bonds. The van der Waals surface area contributed by atoms with Gasteiger partial charge in [-0.05, 0) is 22.6 Å². The number of carbonyl (C=O) groups excluding carboxylic acids is 2. The lowest BCUT2D eigenvalue weighted by Crippen LogP contribution is -2.48. The molecule has 7 heteroatoms. The SMILES string of the molecule is O=C(NCc1cccs1)C(=O)NCC1(O)CSCc2ccccc21. The molecule has 2 heterocycles. The number of benzene rings is 1. The van der Waals surface area contributed by atoms with Crippen LogP contribution < -0.4 is 10.6 Å². The summed E-state index contributed by atoms with van der Waals surface area (Å²) in [5.74, 6) is -0.0914. The van der Waals surface area contributed by atoms with E-state index in [0.29, 0.717) is 12.3 Å².